The van der Waals surface area contributed by atoms with Crippen molar-refractivity contribution >= 4 is 34.2 Å². The first-order valence-electron chi connectivity index (χ1n) is 10.2. The van der Waals surface area contributed by atoms with E-state index in [-0.39, 0.29) is 17.1 Å². The third-order valence-corrected chi connectivity index (χ3v) is 6.30. The van der Waals surface area contributed by atoms with E-state index in [9.17, 15) is 9.59 Å². The molecule has 158 valence electrons. The molecule has 2 aromatic heterocycles. The van der Waals surface area contributed by atoms with Crippen LogP contribution in [-0.4, -0.2) is 30.7 Å². The molecule has 5 rings (SSSR count). The summed E-state index contributed by atoms with van der Waals surface area (Å²) >= 11 is 1.32. The van der Waals surface area contributed by atoms with Gasteiger partial charge in [0.2, 0.25) is 5.78 Å². The summed E-state index contributed by atoms with van der Waals surface area (Å²) in [4.78, 5) is 25.9. The van der Waals surface area contributed by atoms with Gasteiger partial charge in [0.1, 0.15) is 0 Å². The minimum absolute atomic E-state index is 0.0219. The van der Waals surface area contributed by atoms with Crippen molar-refractivity contribution in [3.05, 3.63) is 106 Å². The lowest BCUT2D eigenvalue weighted by Gasteiger charge is -2.11. The molecule has 2 heterocycles. The van der Waals surface area contributed by atoms with Crippen molar-refractivity contribution in [1.29, 1.82) is 0 Å². The van der Waals surface area contributed by atoms with Gasteiger partial charge < -0.3 is 0 Å². The summed E-state index contributed by atoms with van der Waals surface area (Å²) in [6.07, 6.45) is 0. The average molecular weight is 441 g/mol. The van der Waals surface area contributed by atoms with E-state index < -0.39 is 0 Å². The molecule has 0 fully saturated rings. The number of hydrogen-bond donors (Lipinski definition) is 0. The Balaban J connectivity index is 1.57. The zero-order valence-electron chi connectivity index (χ0n) is 17.4. The van der Waals surface area contributed by atoms with Crippen LogP contribution < -0.4 is 5.56 Å². The maximum absolute atomic E-state index is 13.3. The van der Waals surface area contributed by atoms with Crippen molar-refractivity contribution in [3.63, 3.8) is 0 Å². The van der Waals surface area contributed by atoms with Gasteiger partial charge in [-0.05, 0) is 24.6 Å². The molecule has 0 aliphatic carbocycles. The topological polar surface area (TPSA) is 69.3 Å². The van der Waals surface area contributed by atoms with Crippen LogP contribution in [0.4, 0.5) is 0 Å². The summed E-state index contributed by atoms with van der Waals surface area (Å²) in [5.41, 5.74) is 3.39. The van der Waals surface area contributed by atoms with Gasteiger partial charge in [-0.15, -0.1) is 10.2 Å². The number of carbonyl (C=O) groups is 1. The molecule has 5 aromatic rings. The molecule has 3 aromatic carbocycles. The average Bonchev–Trinajstić information content (AvgIpc) is 3.25. The number of ketones is 1. The van der Waals surface area contributed by atoms with Gasteiger partial charge in [0.15, 0.2) is 10.9 Å². The molecule has 32 heavy (non-hydrogen) atoms. The number of hydrogen-bond acceptors (Lipinski definition) is 5. The Morgan fingerprint density at radius 3 is 2.41 bits per heavy atom. The lowest BCUT2D eigenvalue weighted by Crippen LogP contribution is -2.24. The Hall–Kier alpha value is -3.71. The van der Waals surface area contributed by atoms with E-state index in [4.69, 9.17) is 0 Å². The first kappa shape index (κ1) is 20.2. The highest BCUT2D eigenvalue weighted by Crippen LogP contribution is 2.23. The van der Waals surface area contributed by atoms with E-state index >= 15 is 0 Å². The molecule has 0 aliphatic heterocycles. The van der Waals surface area contributed by atoms with Crippen molar-refractivity contribution in [2.75, 3.05) is 5.75 Å². The van der Waals surface area contributed by atoms with Gasteiger partial charge in [-0.2, -0.15) is 0 Å². The van der Waals surface area contributed by atoms with Crippen LogP contribution in [0.2, 0.25) is 0 Å². The normalized spacial score (nSPS) is 11.3. The van der Waals surface area contributed by atoms with Crippen LogP contribution in [0.1, 0.15) is 21.5 Å². The predicted molar refractivity (Wildman–Crippen MR) is 127 cm³/mol. The molecule has 0 aliphatic rings. The van der Waals surface area contributed by atoms with Crippen LogP contribution >= 0.6 is 11.8 Å². The number of para-hydroxylation sites is 1. The van der Waals surface area contributed by atoms with Crippen LogP contribution in [0.5, 0.6) is 0 Å². The highest BCUT2D eigenvalue weighted by molar-refractivity contribution is 7.99. The van der Waals surface area contributed by atoms with Crippen LogP contribution in [0.3, 0.4) is 0 Å². The molecular formula is C25H20N4O2S. The van der Waals surface area contributed by atoms with Gasteiger partial charge in [-0.25, -0.2) is 0 Å². The fraction of sp³-hybridized carbons (Fsp3) is 0.120. The van der Waals surface area contributed by atoms with Gasteiger partial charge >= 0.3 is 0 Å². The summed E-state index contributed by atoms with van der Waals surface area (Å²) < 4.78 is 3.50. The number of thioether (sulfide) groups is 1. The maximum atomic E-state index is 13.3. The highest BCUT2D eigenvalue weighted by Gasteiger charge is 2.18. The number of carbonyl (C=O) groups excluding carboxylic acids is 1. The van der Waals surface area contributed by atoms with Gasteiger partial charge in [0.05, 0.1) is 23.2 Å². The molecule has 0 saturated heterocycles. The molecule has 0 saturated carbocycles. The van der Waals surface area contributed by atoms with Crippen molar-refractivity contribution in [1.82, 2.24) is 19.2 Å². The fourth-order valence-electron chi connectivity index (χ4n) is 3.69. The summed E-state index contributed by atoms with van der Waals surface area (Å²) in [6, 6.07) is 24.8. The Morgan fingerprint density at radius 2 is 1.62 bits per heavy atom. The molecule has 6 nitrogen and oxygen atoms in total. The minimum atomic E-state index is -0.114. The molecular weight excluding hydrogens is 420 g/mol. The van der Waals surface area contributed by atoms with E-state index in [0.29, 0.717) is 28.4 Å². The van der Waals surface area contributed by atoms with E-state index in [0.717, 1.165) is 16.6 Å². The van der Waals surface area contributed by atoms with E-state index in [1.54, 1.807) is 4.57 Å². The number of rotatable bonds is 6. The maximum Gasteiger partial charge on any atom is 0.263 e. The van der Waals surface area contributed by atoms with Crippen LogP contribution in [-0.2, 0) is 6.54 Å². The molecule has 0 unspecified atom stereocenters. The van der Waals surface area contributed by atoms with Crippen molar-refractivity contribution in [2.24, 2.45) is 0 Å². The Labute approximate surface area is 188 Å². The lowest BCUT2D eigenvalue weighted by atomic mass is 10.1. The monoisotopic (exact) mass is 440 g/mol. The van der Waals surface area contributed by atoms with Crippen molar-refractivity contribution in [3.8, 4) is 0 Å². The second kappa shape index (κ2) is 8.43. The highest BCUT2D eigenvalue weighted by atomic mass is 32.2. The standard InChI is InChI=1S/C25H20N4O2S/c1-17-11-13-19(14-12-17)22(30)16-32-25-27-26-24-28(15-18-7-3-2-4-8-18)23(31)20-9-5-6-10-21(20)29(24)25/h2-14H,15-16H2,1H3. The number of fused-ring (bicyclic) bond motifs is 3. The number of aromatic nitrogens is 4. The Morgan fingerprint density at radius 1 is 0.906 bits per heavy atom. The SMILES string of the molecule is Cc1ccc(C(=O)CSc2nnc3n(Cc4ccccc4)c(=O)c4ccccc4n23)cc1. The third-order valence-electron chi connectivity index (χ3n) is 5.37. The quantitative estimate of drug-likeness (QED) is 0.290. The summed E-state index contributed by atoms with van der Waals surface area (Å²) in [7, 11) is 0. The van der Waals surface area contributed by atoms with Crippen molar-refractivity contribution < 1.29 is 4.79 Å². The van der Waals surface area contributed by atoms with Crippen molar-refractivity contribution in [2.45, 2.75) is 18.6 Å². The van der Waals surface area contributed by atoms with E-state index in [1.165, 1.54) is 11.8 Å². The zero-order chi connectivity index (χ0) is 22.1. The van der Waals surface area contributed by atoms with E-state index in [1.807, 2.05) is 90.2 Å². The fourth-order valence-corrected chi connectivity index (χ4v) is 4.52. The molecule has 0 atom stereocenters. The van der Waals surface area contributed by atoms with Crippen LogP contribution in [0, 0.1) is 6.92 Å². The second-order valence-corrected chi connectivity index (χ2v) is 8.53. The molecule has 0 amide bonds. The largest absolute Gasteiger partial charge is 0.293 e. The summed E-state index contributed by atoms with van der Waals surface area (Å²) in [6.45, 7) is 2.38. The number of nitrogens with zero attached hydrogens (tertiary/aromatic N) is 4. The Bertz CT molecular complexity index is 1490. The molecule has 0 bridgehead atoms. The number of aryl methyl sites for hydroxylation is 1. The number of benzene rings is 3. The molecule has 0 radical (unpaired) electrons. The van der Waals surface area contributed by atoms with Gasteiger partial charge in [0.25, 0.3) is 5.56 Å². The smallest absolute Gasteiger partial charge is 0.263 e. The zero-order valence-corrected chi connectivity index (χ0v) is 18.2. The molecule has 0 N–H and O–H groups in total. The van der Waals surface area contributed by atoms with E-state index in [2.05, 4.69) is 10.2 Å². The predicted octanol–water partition coefficient (Wildman–Crippen LogP) is 4.38. The Kier molecular flexibility index (Phi) is 5.33. The molecule has 7 heteroatoms. The van der Waals surface area contributed by atoms with Gasteiger partial charge in [0, 0.05) is 5.56 Å². The molecule has 0 spiro atoms. The van der Waals surface area contributed by atoms with Gasteiger partial charge in [-0.1, -0.05) is 84.1 Å². The first-order valence-corrected chi connectivity index (χ1v) is 11.2. The number of Topliss-reactive ketones (excluding diaryl/α,β-unsaturated/α-hetero) is 1. The second-order valence-electron chi connectivity index (χ2n) is 7.59. The third kappa shape index (κ3) is 3.71. The van der Waals surface area contributed by atoms with Gasteiger partial charge in [-0.3, -0.25) is 18.6 Å². The first-order chi connectivity index (χ1) is 15.6. The lowest BCUT2D eigenvalue weighted by molar-refractivity contribution is 0.102. The van der Waals surface area contributed by atoms with Crippen LogP contribution in [0.25, 0.3) is 16.7 Å². The minimum Gasteiger partial charge on any atom is -0.293 e. The summed E-state index contributed by atoms with van der Waals surface area (Å²) in [5.74, 6) is 0.715. The summed E-state index contributed by atoms with van der Waals surface area (Å²) in [5, 5.41) is 9.83. The van der Waals surface area contributed by atoms with Crippen LogP contribution in [0.15, 0.2) is 88.8 Å².